The molecule has 0 fully saturated rings. The van der Waals surface area contributed by atoms with Crippen molar-refractivity contribution in [1.29, 1.82) is 0 Å². The molecule has 4 heteroatoms. The van der Waals surface area contributed by atoms with Gasteiger partial charge in [-0.15, -0.1) is 16.8 Å². The van der Waals surface area contributed by atoms with Gasteiger partial charge in [-0.25, -0.2) is 0 Å². The molecule has 0 saturated heterocycles. The molecule has 2 nitrogen and oxygen atoms in total. The predicted octanol–water partition coefficient (Wildman–Crippen LogP) is 1.82. The van der Waals surface area contributed by atoms with Crippen molar-refractivity contribution in [2.75, 3.05) is 5.75 Å². The third kappa shape index (κ3) is 2.15. The third-order valence-corrected chi connectivity index (χ3v) is 2.52. The zero-order chi connectivity index (χ0) is 6.53. The fourth-order valence-corrected chi connectivity index (χ4v) is 1.61. The van der Waals surface area contributed by atoms with Crippen molar-refractivity contribution in [2.45, 2.75) is 4.34 Å². The van der Waals surface area contributed by atoms with Crippen molar-refractivity contribution in [3.05, 3.63) is 18.2 Å². The summed E-state index contributed by atoms with van der Waals surface area (Å²) in [6.07, 6.45) is 1.85. The number of rotatable bonds is 3. The van der Waals surface area contributed by atoms with E-state index in [4.69, 9.17) is 0 Å². The quantitative estimate of drug-likeness (QED) is 0.495. The monoisotopic (exact) mass is 158 g/mol. The average molecular weight is 158 g/mol. The lowest BCUT2D eigenvalue weighted by Gasteiger charge is -1.84. The fraction of sp³-hybridized carbons (Fsp3) is 0.200. The maximum Gasteiger partial charge on any atom is 0.174 e. The Labute approximate surface area is 62.0 Å². The van der Waals surface area contributed by atoms with Crippen molar-refractivity contribution in [3.8, 4) is 0 Å². The summed E-state index contributed by atoms with van der Waals surface area (Å²) in [5.41, 5.74) is 1.73. The Morgan fingerprint density at radius 1 is 1.89 bits per heavy atom. The second-order valence-electron chi connectivity index (χ2n) is 1.30. The van der Waals surface area contributed by atoms with Crippen LogP contribution in [-0.2, 0) is 0 Å². The van der Waals surface area contributed by atoms with Gasteiger partial charge in [-0.2, -0.15) is 0 Å². The third-order valence-electron chi connectivity index (χ3n) is 0.665. The first-order valence-electron chi connectivity index (χ1n) is 2.43. The second-order valence-corrected chi connectivity index (χ2v) is 3.40. The predicted molar refractivity (Wildman–Crippen MR) is 40.8 cm³/mol. The largest absolute Gasteiger partial charge is 0.174 e. The lowest BCUT2D eigenvalue weighted by molar-refractivity contribution is 1.01. The van der Waals surface area contributed by atoms with Crippen LogP contribution in [0.1, 0.15) is 0 Å². The Balaban J connectivity index is 2.38. The Kier molecular flexibility index (Phi) is 2.73. The van der Waals surface area contributed by atoms with Gasteiger partial charge in [0.15, 0.2) is 4.34 Å². The van der Waals surface area contributed by atoms with Crippen molar-refractivity contribution in [2.24, 2.45) is 0 Å². The fourth-order valence-electron chi connectivity index (χ4n) is 0.356. The summed E-state index contributed by atoms with van der Waals surface area (Å²) in [7, 11) is 0. The molecule has 1 aromatic heterocycles. The molecule has 0 N–H and O–H groups in total. The molecular weight excluding hydrogens is 152 g/mol. The number of nitrogens with zero attached hydrogens (tertiary/aromatic N) is 2. The highest BCUT2D eigenvalue weighted by atomic mass is 32.2. The molecule has 0 aliphatic rings. The highest BCUT2D eigenvalue weighted by molar-refractivity contribution is 8.01. The Bertz CT molecular complexity index is 171. The number of hydrogen-bond donors (Lipinski definition) is 0. The van der Waals surface area contributed by atoms with Crippen LogP contribution in [-0.4, -0.2) is 16.0 Å². The minimum Gasteiger partial charge on any atom is -0.146 e. The molecule has 48 valence electrons. The van der Waals surface area contributed by atoms with Crippen LogP contribution in [0.5, 0.6) is 0 Å². The maximum atomic E-state index is 3.84. The van der Waals surface area contributed by atoms with Gasteiger partial charge in [0.05, 0.1) is 0 Å². The molecule has 1 rings (SSSR count). The van der Waals surface area contributed by atoms with Gasteiger partial charge in [0.25, 0.3) is 0 Å². The van der Waals surface area contributed by atoms with Gasteiger partial charge in [-0.1, -0.05) is 29.2 Å². The number of hydrogen-bond acceptors (Lipinski definition) is 4. The van der Waals surface area contributed by atoms with Crippen molar-refractivity contribution in [1.82, 2.24) is 10.2 Å². The lowest BCUT2D eigenvalue weighted by atomic mass is 10.8. The summed E-state index contributed by atoms with van der Waals surface area (Å²) in [4.78, 5) is 0. The van der Waals surface area contributed by atoms with Crippen molar-refractivity contribution < 1.29 is 0 Å². The maximum absolute atomic E-state index is 3.84. The van der Waals surface area contributed by atoms with E-state index >= 15 is 0 Å². The number of aromatic nitrogens is 2. The Hall–Kier alpha value is -0.350. The molecule has 0 radical (unpaired) electrons. The molecule has 9 heavy (non-hydrogen) atoms. The molecular formula is C5H6N2S2. The van der Waals surface area contributed by atoms with E-state index in [0.29, 0.717) is 0 Å². The van der Waals surface area contributed by atoms with E-state index in [1.807, 2.05) is 6.08 Å². The lowest BCUT2D eigenvalue weighted by Crippen LogP contribution is -1.70. The van der Waals surface area contributed by atoms with E-state index in [0.717, 1.165) is 10.1 Å². The molecule has 0 amide bonds. The van der Waals surface area contributed by atoms with Gasteiger partial charge in [0.2, 0.25) is 0 Å². The molecule has 0 saturated carbocycles. The highest BCUT2D eigenvalue weighted by Crippen LogP contribution is 2.17. The Morgan fingerprint density at radius 2 is 2.78 bits per heavy atom. The van der Waals surface area contributed by atoms with Crippen LogP contribution in [0, 0.1) is 0 Å². The van der Waals surface area contributed by atoms with Crippen LogP contribution in [0.3, 0.4) is 0 Å². The van der Waals surface area contributed by atoms with Crippen molar-refractivity contribution >= 4 is 23.1 Å². The van der Waals surface area contributed by atoms with Crippen LogP contribution in [0.25, 0.3) is 0 Å². The second kappa shape index (κ2) is 3.63. The molecule has 0 atom stereocenters. The average Bonchev–Trinajstić information content (AvgIpc) is 2.34. The smallest absolute Gasteiger partial charge is 0.146 e. The van der Waals surface area contributed by atoms with E-state index in [2.05, 4.69) is 16.8 Å². The minimum atomic E-state index is 0.912. The number of thioether (sulfide) groups is 1. The van der Waals surface area contributed by atoms with Crippen LogP contribution >= 0.6 is 23.1 Å². The van der Waals surface area contributed by atoms with Gasteiger partial charge < -0.3 is 0 Å². The van der Waals surface area contributed by atoms with Gasteiger partial charge in [-0.3, -0.25) is 0 Å². The van der Waals surface area contributed by atoms with E-state index in [9.17, 15) is 0 Å². The minimum absolute atomic E-state index is 0.912. The van der Waals surface area contributed by atoms with Crippen molar-refractivity contribution in [3.63, 3.8) is 0 Å². The first kappa shape index (κ1) is 6.77. The van der Waals surface area contributed by atoms with Crippen LogP contribution < -0.4 is 0 Å². The molecule has 0 aliphatic carbocycles. The molecule has 0 aliphatic heterocycles. The zero-order valence-electron chi connectivity index (χ0n) is 4.78. The molecule has 0 bridgehead atoms. The molecule has 1 aromatic rings. The summed E-state index contributed by atoms with van der Waals surface area (Å²) >= 11 is 3.21. The molecule has 0 aromatic carbocycles. The molecule has 0 unspecified atom stereocenters. The standard InChI is InChI=1S/C5H6N2S2/c1-2-3-8-5-7-6-4-9-5/h2,4H,1,3H2. The highest BCUT2D eigenvalue weighted by Gasteiger charge is 1.92. The van der Waals surface area contributed by atoms with Gasteiger partial charge >= 0.3 is 0 Å². The zero-order valence-corrected chi connectivity index (χ0v) is 6.41. The van der Waals surface area contributed by atoms with E-state index in [-0.39, 0.29) is 0 Å². The van der Waals surface area contributed by atoms with E-state index in [1.165, 1.54) is 0 Å². The van der Waals surface area contributed by atoms with E-state index < -0.39 is 0 Å². The van der Waals surface area contributed by atoms with Crippen LogP contribution in [0.15, 0.2) is 22.5 Å². The van der Waals surface area contributed by atoms with Crippen LogP contribution in [0.4, 0.5) is 0 Å². The van der Waals surface area contributed by atoms with Gasteiger partial charge in [-0.05, 0) is 0 Å². The Morgan fingerprint density at radius 3 is 3.33 bits per heavy atom. The molecule has 0 spiro atoms. The van der Waals surface area contributed by atoms with E-state index in [1.54, 1.807) is 28.6 Å². The summed E-state index contributed by atoms with van der Waals surface area (Å²) in [6, 6.07) is 0. The SMILES string of the molecule is C=CCSc1nncs1. The molecule has 1 heterocycles. The van der Waals surface area contributed by atoms with Crippen LogP contribution in [0.2, 0.25) is 0 Å². The summed E-state index contributed by atoms with van der Waals surface area (Å²) in [6.45, 7) is 3.60. The topological polar surface area (TPSA) is 25.8 Å². The first-order chi connectivity index (χ1) is 4.43. The summed E-state index contributed by atoms with van der Waals surface area (Å²) < 4.78 is 1.01. The first-order valence-corrected chi connectivity index (χ1v) is 4.30. The van der Waals surface area contributed by atoms with Gasteiger partial charge in [0.1, 0.15) is 5.51 Å². The summed E-state index contributed by atoms with van der Waals surface area (Å²) in [5.74, 6) is 0.912. The normalized spacial score (nSPS) is 9.33. The summed E-state index contributed by atoms with van der Waals surface area (Å²) in [5, 5.41) is 7.53. The van der Waals surface area contributed by atoms with Gasteiger partial charge in [0, 0.05) is 5.75 Å².